The van der Waals surface area contributed by atoms with Crippen LogP contribution in [-0.4, -0.2) is 19.5 Å². The highest BCUT2D eigenvalue weighted by Crippen LogP contribution is 2.07. The lowest BCUT2D eigenvalue weighted by atomic mass is 10.1. The highest BCUT2D eigenvalue weighted by atomic mass is 16.7. The highest BCUT2D eigenvalue weighted by molar-refractivity contribution is 4.49. The van der Waals surface area contributed by atoms with Crippen LogP contribution in [0, 0.1) is 11.8 Å². The quantitative estimate of drug-likeness (QED) is 0.561. The molecule has 0 aliphatic carbocycles. The average Bonchev–Trinajstić information content (AvgIpc) is 2.22. The van der Waals surface area contributed by atoms with Crippen molar-refractivity contribution >= 4 is 0 Å². The van der Waals surface area contributed by atoms with Crippen LogP contribution in [0.1, 0.15) is 47.5 Å². The lowest BCUT2D eigenvalue weighted by Gasteiger charge is -2.18. The van der Waals surface area contributed by atoms with Gasteiger partial charge in [0.15, 0.2) is 6.29 Å². The summed E-state index contributed by atoms with van der Waals surface area (Å²) in [6, 6.07) is 0. The molecule has 0 aromatic carbocycles. The molecular weight excluding hydrogens is 176 g/mol. The van der Waals surface area contributed by atoms with E-state index in [1.54, 1.807) is 0 Å². The molecule has 0 N–H and O–H groups in total. The van der Waals surface area contributed by atoms with E-state index in [0.29, 0.717) is 11.8 Å². The Bertz CT molecular complexity index is 111. The van der Waals surface area contributed by atoms with E-state index < -0.39 is 0 Å². The number of rotatable bonds is 8. The fraction of sp³-hybridized carbons (Fsp3) is 1.00. The van der Waals surface area contributed by atoms with Crippen molar-refractivity contribution in [3.63, 3.8) is 0 Å². The van der Waals surface area contributed by atoms with Gasteiger partial charge in [-0.15, -0.1) is 0 Å². The van der Waals surface area contributed by atoms with Crippen LogP contribution in [0.5, 0.6) is 0 Å². The zero-order chi connectivity index (χ0) is 11.0. The molecule has 0 rings (SSSR count). The Hall–Kier alpha value is -0.0800. The topological polar surface area (TPSA) is 18.5 Å². The summed E-state index contributed by atoms with van der Waals surface area (Å²) < 4.78 is 11.1. The van der Waals surface area contributed by atoms with Crippen molar-refractivity contribution < 1.29 is 9.47 Å². The minimum absolute atomic E-state index is 0.0574. The fourth-order valence-corrected chi connectivity index (χ4v) is 0.883. The van der Waals surface area contributed by atoms with E-state index in [0.717, 1.165) is 26.1 Å². The van der Waals surface area contributed by atoms with Crippen LogP contribution in [0.2, 0.25) is 0 Å². The van der Waals surface area contributed by atoms with E-state index in [-0.39, 0.29) is 6.29 Å². The first-order valence-corrected chi connectivity index (χ1v) is 5.83. The Morgan fingerprint density at radius 1 is 0.786 bits per heavy atom. The average molecular weight is 202 g/mol. The molecule has 0 aliphatic rings. The second kappa shape index (κ2) is 8.25. The molecule has 14 heavy (non-hydrogen) atoms. The first-order chi connectivity index (χ1) is 6.60. The molecule has 0 heterocycles. The van der Waals surface area contributed by atoms with Gasteiger partial charge in [-0.3, -0.25) is 0 Å². The van der Waals surface area contributed by atoms with Gasteiger partial charge in [0.2, 0.25) is 0 Å². The molecule has 2 unspecified atom stereocenters. The molecule has 0 aromatic rings. The van der Waals surface area contributed by atoms with Crippen LogP contribution in [0.4, 0.5) is 0 Å². The molecule has 0 radical (unpaired) electrons. The largest absolute Gasteiger partial charge is 0.353 e. The van der Waals surface area contributed by atoms with E-state index in [1.807, 2.05) is 6.92 Å². The zero-order valence-electron chi connectivity index (χ0n) is 10.4. The van der Waals surface area contributed by atoms with Crippen molar-refractivity contribution in [1.82, 2.24) is 0 Å². The third-order valence-corrected chi connectivity index (χ3v) is 2.62. The monoisotopic (exact) mass is 202 g/mol. The third kappa shape index (κ3) is 7.34. The second-order valence-corrected chi connectivity index (χ2v) is 4.26. The molecule has 0 bridgehead atoms. The van der Waals surface area contributed by atoms with Gasteiger partial charge in [0, 0.05) is 0 Å². The predicted molar refractivity (Wildman–Crippen MR) is 60.3 cm³/mol. The van der Waals surface area contributed by atoms with Gasteiger partial charge in [0.05, 0.1) is 13.2 Å². The third-order valence-electron chi connectivity index (χ3n) is 2.62. The van der Waals surface area contributed by atoms with Gasteiger partial charge < -0.3 is 9.47 Å². The Labute approximate surface area is 89.0 Å². The van der Waals surface area contributed by atoms with Crippen LogP contribution < -0.4 is 0 Å². The van der Waals surface area contributed by atoms with Crippen LogP contribution in [0.25, 0.3) is 0 Å². The number of ether oxygens (including phenoxy) is 2. The first kappa shape index (κ1) is 13.9. The molecule has 0 saturated heterocycles. The molecule has 0 saturated carbocycles. The summed E-state index contributed by atoms with van der Waals surface area (Å²) >= 11 is 0. The first-order valence-electron chi connectivity index (χ1n) is 5.83. The molecule has 0 aliphatic heterocycles. The maximum absolute atomic E-state index is 5.57. The molecule has 0 aromatic heterocycles. The van der Waals surface area contributed by atoms with Gasteiger partial charge in [0.25, 0.3) is 0 Å². The van der Waals surface area contributed by atoms with Crippen molar-refractivity contribution in [3.05, 3.63) is 0 Å². The van der Waals surface area contributed by atoms with Gasteiger partial charge >= 0.3 is 0 Å². The molecule has 2 atom stereocenters. The van der Waals surface area contributed by atoms with Gasteiger partial charge in [-0.2, -0.15) is 0 Å². The molecule has 0 spiro atoms. The van der Waals surface area contributed by atoms with Crippen molar-refractivity contribution in [1.29, 1.82) is 0 Å². The highest BCUT2D eigenvalue weighted by Gasteiger charge is 2.07. The molecular formula is C12H26O2. The van der Waals surface area contributed by atoms with E-state index in [2.05, 4.69) is 27.7 Å². The van der Waals surface area contributed by atoms with Crippen LogP contribution in [-0.2, 0) is 9.47 Å². The van der Waals surface area contributed by atoms with E-state index in [1.165, 1.54) is 0 Å². The normalized spacial score (nSPS) is 17.8. The molecule has 0 amide bonds. The summed E-state index contributed by atoms with van der Waals surface area (Å²) in [7, 11) is 0. The van der Waals surface area contributed by atoms with Crippen molar-refractivity contribution in [2.75, 3.05) is 13.2 Å². The van der Waals surface area contributed by atoms with Crippen LogP contribution >= 0.6 is 0 Å². The smallest absolute Gasteiger partial charge is 0.154 e. The Balaban J connectivity index is 3.40. The molecule has 2 heteroatoms. The summed E-state index contributed by atoms with van der Waals surface area (Å²) in [6.45, 7) is 12.3. The van der Waals surface area contributed by atoms with Gasteiger partial charge in [-0.05, 0) is 18.8 Å². The van der Waals surface area contributed by atoms with E-state index >= 15 is 0 Å². The van der Waals surface area contributed by atoms with Crippen LogP contribution in [0.3, 0.4) is 0 Å². The summed E-state index contributed by atoms with van der Waals surface area (Å²) in [5.74, 6) is 1.26. The minimum Gasteiger partial charge on any atom is -0.353 e. The Kier molecular flexibility index (Phi) is 8.20. The maximum atomic E-state index is 5.57. The van der Waals surface area contributed by atoms with Crippen molar-refractivity contribution in [3.8, 4) is 0 Å². The summed E-state index contributed by atoms with van der Waals surface area (Å²) in [6.07, 6.45) is 2.27. The lowest BCUT2D eigenvalue weighted by Crippen LogP contribution is -2.19. The molecule has 2 nitrogen and oxygen atoms in total. The van der Waals surface area contributed by atoms with Crippen LogP contribution in [0.15, 0.2) is 0 Å². The molecule has 0 fully saturated rings. The van der Waals surface area contributed by atoms with Gasteiger partial charge in [0.1, 0.15) is 0 Å². The van der Waals surface area contributed by atoms with Gasteiger partial charge in [-0.1, -0.05) is 40.5 Å². The van der Waals surface area contributed by atoms with Crippen molar-refractivity contribution in [2.24, 2.45) is 11.8 Å². The fourth-order valence-electron chi connectivity index (χ4n) is 0.883. The van der Waals surface area contributed by atoms with Crippen molar-refractivity contribution in [2.45, 2.75) is 53.8 Å². The number of hydrogen-bond acceptors (Lipinski definition) is 2. The second-order valence-electron chi connectivity index (χ2n) is 4.26. The predicted octanol–water partition coefficient (Wildman–Crippen LogP) is 3.46. The summed E-state index contributed by atoms with van der Waals surface area (Å²) in [5, 5.41) is 0. The van der Waals surface area contributed by atoms with Gasteiger partial charge in [-0.25, -0.2) is 0 Å². The lowest BCUT2D eigenvalue weighted by molar-refractivity contribution is -0.144. The standard InChI is InChI=1S/C12H26O2/c1-6-10(3)8-13-12(5)14-9-11(4)7-2/h10-12H,6-9H2,1-5H3. The Morgan fingerprint density at radius 2 is 1.14 bits per heavy atom. The Morgan fingerprint density at radius 3 is 1.43 bits per heavy atom. The summed E-state index contributed by atoms with van der Waals surface area (Å²) in [4.78, 5) is 0. The zero-order valence-corrected chi connectivity index (χ0v) is 10.4. The summed E-state index contributed by atoms with van der Waals surface area (Å²) in [5.41, 5.74) is 0. The number of hydrogen-bond donors (Lipinski definition) is 0. The SMILES string of the molecule is CCC(C)COC(C)OCC(C)CC. The van der Waals surface area contributed by atoms with E-state index in [9.17, 15) is 0 Å². The maximum Gasteiger partial charge on any atom is 0.154 e. The minimum atomic E-state index is -0.0574. The molecule has 86 valence electrons. The van der Waals surface area contributed by atoms with E-state index in [4.69, 9.17) is 9.47 Å².